The molecule has 2 unspecified atom stereocenters. The molecule has 1 saturated heterocycles. The topological polar surface area (TPSA) is 40.5 Å². The largest absolute Gasteiger partial charge is 0.393 e. The predicted octanol–water partition coefficient (Wildman–Crippen LogP) is 2.55. The molecule has 0 spiro atoms. The third-order valence-corrected chi connectivity index (χ3v) is 4.92. The fourth-order valence-electron chi connectivity index (χ4n) is 3.90. The van der Waals surface area contributed by atoms with Gasteiger partial charge < -0.3 is 10.0 Å². The fourth-order valence-corrected chi connectivity index (χ4v) is 3.90. The third kappa shape index (κ3) is 3.13. The number of benzene rings is 1. The molecule has 1 aliphatic heterocycles. The first-order valence-corrected chi connectivity index (χ1v) is 8.20. The van der Waals surface area contributed by atoms with Crippen molar-refractivity contribution < 1.29 is 9.90 Å². The number of rotatable bonds is 3. The van der Waals surface area contributed by atoms with Gasteiger partial charge in [0, 0.05) is 18.5 Å². The van der Waals surface area contributed by atoms with Crippen molar-refractivity contribution in [2.24, 2.45) is 5.92 Å². The lowest BCUT2D eigenvalue weighted by Gasteiger charge is -2.38. The Labute approximate surface area is 127 Å². The summed E-state index contributed by atoms with van der Waals surface area (Å²) in [5.74, 6) is 0.411. The van der Waals surface area contributed by atoms with E-state index in [2.05, 4.69) is 29.2 Å². The van der Waals surface area contributed by atoms with Gasteiger partial charge in [-0.05, 0) is 56.6 Å². The summed E-state index contributed by atoms with van der Waals surface area (Å²) in [4.78, 5) is 15.0. The quantitative estimate of drug-likeness (QED) is 0.928. The van der Waals surface area contributed by atoms with E-state index in [1.807, 2.05) is 6.92 Å². The molecule has 0 aromatic heterocycles. The zero-order valence-corrected chi connectivity index (χ0v) is 12.8. The molecule has 3 rings (SSSR count). The molecule has 3 nitrogen and oxygen atoms in total. The van der Waals surface area contributed by atoms with Gasteiger partial charge in [-0.3, -0.25) is 4.79 Å². The minimum atomic E-state index is -0.329. The number of amides is 1. The first kappa shape index (κ1) is 14.6. The lowest BCUT2D eigenvalue weighted by Crippen LogP contribution is -2.47. The summed E-state index contributed by atoms with van der Waals surface area (Å²) in [6, 6.07) is 8.64. The maximum atomic E-state index is 12.9. The Morgan fingerprint density at radius 2 is 1.95 bits per heavy atom. The second-order valence-corrected chi connectivity index (χ2v) is 6.64. The van der Waals surface area contributed by atoms with Crippen LogP contribution < -0.4 is 0 Å². The van der Waals surface area contributed by atoms with Crippen molar-refractivity contribution in [1.82, 2.24) is 4.90 Å². The highest BCUT2D eigenvalue weighted by atomic mass is 16.3. The summed E-state index contributed by atoms with van der Waals surface area (Å²) < 4.78 is 0. The Kier molecular flexibility index (Phi) is 4.29. The second-order valence-electron chi connectivity index (χ2n) is 6.64. The van der Waals surface area contributed by atoms with Gasteiger partial charge in [-0.1, -0.05) is 24.3 Å². The summed E-state index contributed by atoms with van der Waals surface area (Å²) >= 11 is 0. The molecule has 3 heteroatoms. The van der Waals surface area contributed by atoms with Crippen LogP contribution in [0.15, 0.2) is 24.3 Å². The number of piperidine rings is 1. The fraction of sp³-hybridized carbons (Fsp3) is 0.611. The maximum Gasteiger partial charge on any atom is 0.226 e. The van der Waals surface area contributed by atoms with Crippen LogP contribution >= 0.6 is 0 Å². The maximum absolute atomic E-state index is 12.9. The van der Waals surface area contributed by atoms with Gasteiger partial charge in [0.1, 0.15) is 0 Å². The lowest BCUT2D eigenvalue weighted by molar-refractivity contribution is -0.139. The highest BCUT2D eigenvalue weighted by molar-refractivity contribution is 5.81. The van der Waals surface area contributed by atoms with E-state index in [1.165, 1.54) is 17.5 Å². The molecule has 1 N–H and O–H groups in total. The summed E-state index contributed by atoms with van der Waals surface area (Å²) in [7, 11) is 0. The molecule has 1 amide bonds. The molecule has 0 saturated carbocycles. The standard InChI is InChI=1S/C18H25NO2/c1-13(20)10-17-8-4-5-9-19(17)18(21)16-11-14-6-2-3-7-15(14)12-16/h2-3,6-7,13,16-17,20H,4-5,8-12H2,1H3. The van der Waals surface area contributed by atoms with E-state index in [0.29, 0.717) is 12.3 Å². The number of fused-ring (bicyclic) bond motifs is 1. The van der Waals surface area contributed by atoms with Crippen molar-refractivity contribution in [2.45, 2.75) is 57.6 Å². The van der Waals surface area contributed by atoms with Gasteiger partial charge >= 0.3 is 0 Å². The molecule has 1 aliphatic carbocycles. The number of hydrogen-bond donors (Lipinski definition) is 1. The van der Waals surface area contributed by atoms with Gasteiger partial charge in [-0.2, -0.15) is 0 Å². The van der Waals surface area contributed by atoms with E-state index >= 15 is 0 Å². The van der Waals surface area contributed by atoms with Gasteiger partial charge in [0.05, 0.1) is 6.10 Å². The summed E-state index contributed by atoms with van der Waals surface area (Å²) in [5, 5.41) is 9.67. The number of carbonyl (C=O) groups is 1. The van der Waals surface area contributed by atoms with Gasteiger partial charge in [0.25, 0.3) is 0 Å². The van der Waals surface area contributed by atoms with Crippen LogP contribution in [-0.4, -0.2) is 34.6 Å². The van der Waals surface area contributed by atoms with Crippen molar-refractivity contribution in [1.29, 1.82) is 0 Å². The predicted molar refractivity (Wildman–Crippen MR) is 83.0 cm³/mol. The Bertz CT molecular complexity index is 487. The van der Waals surface area contributed by atoms with Gasteiger partial charge in [-0.25, -0.2) is 0 Å². The zero-order chi connectivity index (χ0) is 14.8. The molecule has 21 heavy (non-hydrogen) atoms. The number of hydrogen-bond acceptors (Lipinski definition) is 2. The van der Waals surface area contributed by atoms with Crippen molar-refractivity contribution in [3.05, 3.63) is 35.4 Å². The molecule has 2 atom stereocenters. The molecule has 0 radical (unpaired) electrons. The van der Waals surface area contributed by atoms with Crippen molar-refractivity contribution >= 4 is 5.91 Å². The van der Waals surface area contributed by atoms with E-state index < -0.39 is 0 Å². The van der Waals surface area contributed by atoms with Crippen LogP contribution in [0.5, 0.6) is 0 Å². The molecule has 1 aromatic carbocycles. The molecular formula is C18H25NO2. The first-order valence-electron chi connectivity index (χ1n) is 8.20. The summed E-state index contributed by atoms with van der Waals surface area (Å²) in [5.41, 5.74) is 2.67. The molecular weight excluding hydrogens is 262 g/mol. The highest BCUT2D eigenvalue weighted by Gasteiger charge is 2.34. The van der Waals surface area contributed by atoms with Crippen LogP contribution in [0.2, 0.25) is 0 Å². The Morgan fingerprint density at radius 1 is 1.29 bits per heavy atom. The average molecular weight is 287 g/mol. The van der Waals surface area contributed by atoms with Crippen molar-refractivity contribution in [3.8, 4) is 0 Å². The van der Waals surface area contributed by atoms with Crippen LogP contribution in [0.4, 0.5) is 0 Å². The Balaban J connectivity index is 1.70. The number of nitrogens with zero attached hydrogens (tertiary/aromatic N) is 1. The Morgan fingerprint density at radius 3 is 2.57 bits per heavy atom. The van der Waals surface area contributed by atoms with E-state index in [4.69, 9.17) is 0 Å². The van der Waals surface area contributed by atoms with Crippen LogP contribution in [0.3, 0.4) is 0 Å². The average Bonchev–Trinajstić information content (AvgIpc) is 2.90. The Hall–Kier alpha value is -1.35. The van der Waals surface area contributed by atoms with Crippen LogP contribution in [0, 0.1) is 5.92 Å². The van der Waals surface area contributed by atoms with Gasteiger partial charge in [-0.15, -0.1) is 0 Å². The number of aliphatic hydroxyl groups excluding tert-OH is 1. The van der Waals surface area contributed by atoms with Gasteiger partial charge in [0.15, 0.2) is 0 Å². The number of aliphatic hydroxyl groups is 1. The van der Waals surface area contributed by atoms with Crippen molar-refractivity contribution in [3.63, 3.8) is 0 Å². The summed E-state index contributed by atoms with van der Waals surface area (Å²) in [6.45, 7) is 2.69. The molecule has 1 heterocycles. The normalized spacial score (nSPS) is 23.9. The van der Waals surface area contributed by atoms with E-state index in [9.17, 15) is 9.90 Å². The summed E-state index contributed by atoms with van der Waals surface area (Å²) in [6.07, 6.45) is 5.46. The molecule has 114 valence electrons. The number of likely N-dealkylation sites (tertiary alicyclic amines) is 1. The van der Waals surface area contributed by atoms with Crippen molar-refractivity contribution in [2.75, 3.05) is 6.54 Å². The minimum Gasteiger partial charge on any atom is -0.393 e. The minimum absolute atomic E-state index is 0.108. The van der Waals surface area contributed by atoms with E-state index in [-0.39, 0.29) is 18.1 Å². The lowest BCUT2D eigenvalue weighted by atomic mass is 9.94. The van der Waals surface area contributed by atoms with E-state index in [1.54, 1.807) is 0 Å². The molecule has 2 aliphatic rings. The van der Waals surface area contributed by atoms with Crippen LogP contribution in [0.1, 0.15) is 43.7 Å². The third-order valence-electron chi connectivity index (χ3n) is 4.92. The molecule has 0 bridgehead atoms. The van der Waals surface area contributed by atoms with E-state index in [0.717, 1.165) is 32.2 Å². The van der Waals surface area contributed by atoms with Crippen LogP contribution in [0.25, 0.3) is 0 Å². The first-order chi connectivity index (χ1) is 10.1. The highest BCUT2D eigenvalue weighted by Crippen LogP contribution is 2.30. The molecule has 1 aromatic rings. The second kappa shape index (κ2) is 6.18. The smallest absolute Gasteiger partial charge is 0.226 e. The van der Waals surface area contributed by atoms with Crippen LogP contribution in [-0.2, 0) is 17.6 Å². The monoisotopic (exact) mass is 287 g/mol. The van der Waals surface area contributed by atoms with Gasteiger partial charge in [0.2, 0.25) is 5.91 Å². The number of carbonyl (C=O) groups excluding carboxylic acids is 1. The SMILES string of the molecule is CC(O)CC1CCCCN1C(=O)C1Cc2ccccc2C1. The molecule has 1 fully saturated rings. The zero-order valence-electron chi connectivity index (χ0n) is 12.8.